The van der Waals surface area contributed by atoms with Gasteiger partial charge < -0.3 is 29.2 Å². The fourth-order valence-corrected chi connectivity index (χ4v) is 3.91. The maximum absolute atomic E-state index is 10.7. The van der Waals surface area contributed by atoms with Crippen molar-refractivity contribution in [1.82, 2.24) is 0 Å². The predicted octanol–water partition coefficient (Wildman–Crippen LogP) is 3.45. The van der Waals surface area contributed by atoms with Crippen LogP contribution in [0.25, 0.3) is 0 Å². The molecular formula is C27H30O6. The molecule has 3 aromatic carbocycles. The van der Waals surface area contributed by atoms with E-state index in [1.165, 1.54) is 0 Å². The van der Waals surface area contributed by atoms with Crippen LogP contribution in [-0.4, -0.2) is 47.5 Å². The fourth-order valence-electron chi connectivity index (χ4n) is 3.91. The average Bonchev–Trinajstić information content (AvgIpc) is 2.87. The van der Waals surface area contributed by atoms with Gasteiger partial charge >= 0.3 is 0 Å². The van der Waals surface area contributed by atoms with Crippen LogP contribution < -0.4 is 0 Å². The first-order chi connectivity index (χ1) is 16.2. The summed E-state index contributed by atoms with van der Waals surface area (Å²) in [4.78, 5) is 0. The van der Waals surface area contributed by atoms with Crippen molar-refractivity contribution in [3.63, 3.8) is 0 Å². The van der Waals surface area contributed by atoms with E-state index in [9.17, 15) is 10.2 Å². The maximum atomic E-state index is 10.7. The lowest BCUT2D eigenvalue weighted by Crippen LogP contribution is -2.61. The van der Waals surface area contributed by atoms with Crippen LogP contribution in [0.1, 0.15) is 16.7 Å². The second kappa shape index (κ2) is 12.0. The molecule has 0 saturated carbocycles. The van der Waals surface area contributed by atoms with Crippen molar-refractivity contribution in [3.05, 3.63) is 108 Å². The zero-order valence-corrected chi connectivity index (χ0v) is 18.4. The highest BCUT2D eigenvalue weighted by Gasteiger charge is 2.47. The Labute approximate surface area is 194 Å². The summed E-state index contributed by atoms with van der Waals surface area (Å²) in [6.45, 7) is 0.601. The van der Waals surface area contributed by atoms with Crippen LogP contribution in [0.4, 0.5) is 0 Å². The Hall–Kier alpha value is -2.58. The van der Waals surface area contributed by atoms with Gasteiger partial charge in [-0.2, -0.15) is 0 Å². The molecule has 6 nitrogen and oxygen atoms in total. The van der Waals surface area contributed by atoms with Crippen molar-refractivity contribution in [2.75, 3.05) is 6.61 Å². The molecule has 1 heterocycles. The highest BCUT2D eigenvalue weighted by molar-refractivity contribution is 5.15. The fraction of sp³-hybridized carbons (Fsp3) is 0.333. The van der Waals surface area contributed by atoms with Crippen LogP contribution in [-0.2, 0) is 38.8 Å². The van der Waals surface area contributed by atoms with E-state index in [0.29, 0.717) is 13.2 Å². The van der Waals surface area contributed by atoms with E-state index in [-0.39, 0.29) is 13.2 Å². The van der Waals surface area contributed by atoms with Gasteiger partial charge in [-0.3, -0.25) is 0 Å². The normalized spacial score (nSPS) is 25.1. The second-order valence-electron chi connectivity index (χ2n) is 8.03. The predicted molar refractivity (Wildman–Crippen MR) is 123 cm³/mol. The molecular weight excluding hydrogens is 420 g/mol. The van der Waals surface area contributed by atoms with Crippen LogP contribution in [0.5, 0.6) is 0 Å². The first-order valence-electron chi connectivity index (χ1n) is 11.2. The van der Waals surface area contributed by atoms with E-state index >= 15 is 0 Å². The van der Waals surface area contributed by atoms with E-state index < -0.39 is 30.7 Å². The molecule has 0 bridgehead atoms. The van der Waals surface area contributed by atoms with Gasteiger partial charge in [0.2, 0.25) is 0 Å². The monoisotopic (exact) mass is 450 g/mol. The number of hydrogen-bond acceptors (Lipinski definition) is 6. The molecule has 0 aliphatic carbocycles. The summed E-state index contributed by atoms with van der Waals surface area (Å²) < 4.78 is 24.3. The number of aliphatic hydroxyl groups excluding tert-OH is 2. The molecule has 174 valence electrons. The van der Waals surface area contributed by atoms with E-state index in [1.54, 1.807) is 0 Å². The van der Waals surface area contributed by atoms with E-state index in [0.717, 1.165) is 16.7 Å². The smallest absolute Gasteiger partial charge is 0.184 e. The van der Waals surface area contributed by atoms with Crippen molar-refractivity contribution in [1.29, 1.82) is 0 Å². The third-order valence-electron chi connectivity index (χ3n) is 5.65. The number of rotatable bonds is 10. The van der Waals surface area contributed by atoms with Crippen LogP contribution in [0, 0.1) is 0 Å². The molecule has 33 heavy (non-hydrogen) atoms. The Morgan fingerprint density at radius 1 is 0.576 bits per heavy atom. The molecule has 0 radical (unpaired) electrons. The Morgan fingerprint density at radius 2 is 0.970 bits per heavy atom. The van der Waals surface area contributed by atoms with Crippen molar-refractivity contribution in [2.45, 2.75) is 50.5 Å². The van der Waals surface area contributed by atoms with Gasteiger partial charge in [0.05, 0.1) is 26.4 Å². The van der Waals surface area contributed by atoms with Gasteiger partial charge in [-0.25, -0.2) is 0 Å². The van der Waals surface area contributed by atoms with Crippen molar-refractivity contribution < 1.29 is 29.2 Å². The Morgan fingerprint density at radius 3 is 1.39 bits per heavy atom. The summed E-state index contributed by atoms with van der Waals surface area (Å²) in [7, 11) is 0. The molecule has 5 atom stereocenters. The van der Waals surface area contributed by atoms with E-state index in [4.69, 9.17) is 18.9 Å². The zero-order chi connectivity index (χ0) is 22.9. The topological polar surface area (TPSA) is 77.4 Å². The van der Waals surface area contributed by atoms with Crippen LogP contribution in [0.2, 0.25) is 0 Å². The Balaban J connectivity index is 1.53. The number of hydrogen-bond donors (Lipinski definition) is 2. The number of ether oxygens (including phenoxy) is 4. The Kier molecular flexibility index (Phi) is 8.60. The third kappa shape index (κ3) is 6.48. The highest BCUT2D eigenvalue weighted by Crippen LogP contribution is 2.29. The minimum atomic E-state index is -1.26. The second-order valence-corrected chi connectivity index (χ2v) is 8.03. The van der Waals surface area contributed by atoms with E-state index in [1.807, 2.05) is 91.0 Å². The highest BCUT2D eigenvalue weighted by atomic mass is 16.7. The van der Waals surface area contributed by atoms with E-state index in [2.05, 4.69) is 0 Å². The molecule has 4 rings (SSSR count). The maximum Gasteiger partial charge on any atom is 0.184 e. The van der Waals surface area contributed by atoms with Crippen LogP contribution in [0.15, 0.2) is 91.0 Å². The molecule has 1 fully saturated rings. The summed E-state index contributed by atoms with van der Waals surface area (Å²) in [6.07, 6.45) is -4.09. The third-order valence-corrected chi connectivity index (χ3v) is 5.65. The molecule has 0 spiro atoms. The van der Waals surface area contributed by atoms with Gasteiger partial charge in [0.1, 0.15) is 24.4 Å². The Bertz CT molecular complexity index is 937. The molecule has 2 N–H and O–H groups in total. The molecule has 1 aliphatic heterocycles. The first-order valence-corrected chi connectivity index (χ1v) is 11.2. The summed E-state index contributed by atoms with van der Waals surface area (Å²) in [5, 5.41) is 20.7. The number of benzene rings is 3. The first kappa shape index (κ1) is 23.6. The summed E-state index contributed by atoms with van der Waals surface area (Å²) in [5.41, 5.74) is 2.95. The average molecular weight is 451 g/mol. The minimum Gasteiger partial charge on any atom is -0.394 e. The lowest BCUT2D eigenvalue weighted by atomic mass is 9.98. The molecule has 1 aliphatic rings. The molecule has 0 aromatic heterocycles. The van der Waals surface area contributed by atoms with Gasteiger partial charge in [0, 0.05) is 0 Å². The largest absolute Gasteiger partial charge is 0.394 e. The molecule has 0 amide bonds. The van der Waals surface area contributed by atoms with Gasteiger partial charge in [-0.1, -0.05) is 91.0 Å². The zero-order valence-electron chi connectivity index (χ0n) is 18.4. The SMILES string of the molecule is OCC1O[C@@H](O)[C@@H](OCc2ccccc2)[C@@H](OCc2ccccc2)[C@@H]1OCc1ccccc1. The minimum absolute atomic E-state index is 0.284. The van der Waals surface area contributed by atoms with Crippen LogP contribution in [0.3, 0.4) is 0 Å². The molecule has 1 saturated heterocycles. The molecule has 3 aromatic rings. The van der Waals surface area contributed by atoms with Gasteiger partial charge in [-0.05, 0) is 16.7 Å². The van der Waals surface area contributed by atoms with Gasteiger partial charge in [0.25, 0.3) is 0 Å². The van der Waals surface area contributed by atoms with Crippen molar-refractivity contribution >= 4 is 0 Å². The lowest BCUT2D eigenvalue weighted by Gasteiger charge is -2.44. The van der Waals surface area contributed by atoms with Gasteiger partial charge in [-0.15, -0.1) is 0 Å². The molecule has 1 unspecified atom stereocenters. The van der Waals surface area contributed by atoms with Gasteiger partial charge in [0.15, 0.2) is 6.29 Å². The van der Waals surface area contributed by atoms with Crippen LogP contribution >= 0.6 is 0 Å². The lowest BCUT2D eigenvalue weighted by molar-refractivity contribution is -0.315. The standard InChI is InChI=1S/C27H30O6/c28-16-23-24(30-17-20-10-4-1-5-11-20)25(31-18-21-12-6-2-7-13-21)26(27(29)33-23)32-19-22-14-8-3-9-15-22/h1-15,23-29H,16-19H2/t23?,24-,25+,26+,27-/m1/s1. The summed E-state index contributed by atoms with van der Waals surface area (Å²) >= 11 is 0. The summed E-state index contributed by atoms with van der Waals surface area (Å²) in [5.74, 6) is 0. The summed E-state index contributed by atoms with van der Waals surface area (Å²) in [6, 6.07) is 29.3. The number of aliphatic hydroxyl groups is 2. The molecule has 6 heteroatoms. The van der Waals surface area contributed by atoms with Crippen molar-refractivity contribution in [3.8, 4) is 0 Å². The van der Waals surface area contributed by atoms with Crippen molar-refractivity contribution in [2.24, 2.45) is 0 Å². The quantitative estimate of drug-likeness (QED) is 0.493.